The molecule has 0 aromatic heterocycles. The SMILES string of the molecule is N[S+]([O-])c1cccc(B(O)O)c1. The largest absolute Gasteiger partial charge is 0.593 e. The molecule has 1 rings (SSSR count). The molecule has 1 aromatic carbocycles. The molecule has 0 spiro atoms. The van der Waals surface area contributed by atoms with Crippen molar-refractivity contribution >= 4 is 23.9 Å². The van der Waals surface area contributed by atoms with Crippen LogP contribution in [0.5, 0.6) is 0 Å². The minimum Gasteiger partial charge on any atom is -0.593 e. The molecule has 0 aliphatic heterocycles. The summed E-state index contributed by atoms with van der Waals surface area (Å²) in [5, 5.41) is 22.6. The molecule has 0 heterocycles. The maximum absolute atomic E-state index is 10.7. The molecule has 1 aromatic rings. The summed E-state index contributed by atoms with van der Waals surface area (Å²) in [5.74, 6) is 0. The lowest BCUT2D eigenvalue weighted by Crippen LogP contribution is -2.30. The molecule has 0 bridgehead atoms. The van der Waals surface area contributed by atoms with E-state index in [1.54, 1.807) is 12.1 Å². The predicted octanol–water partition coefficient (Wildman–Crippen LogP) is -1.65. The molecule has 1 unspecified atom stereocenters. The minimum absolute atomic E-state index is 0.284. The van der Waals surface area contributed by atoms with Gasteiger partial charge in [0.15, 0.2) is 4.90 Å². The highest BCUT2D eigenvalue weighted by atomic mass is 32.2. The van der Waals surface area contributed by atoms with E-state index in [1.807, 2.05) is 0 Å². The monoisotopic (exact) mass is 185 g/mol. The summed E-state index contributed by atoms with van der Waals surface area (Å²) in [7, 11) is -1.55. The predicted molar refractivity (Wildman–Crippen MR) is 46.9 cm³/mol. The molecule has 0 aliphatic carbocycles. The number of hydrogen-bond donors (Lipinski definition) is 3. The van der Waals surface area contributed by atoms with Crippen LogP contribution < -0.4 is 10.6 Å². The van der Waals surface area contributed by atoms with Gasteiger partial charge in [-0.05, 0) is 17.6 Å². The van der Waals surface area contributed by atoms with Gasteiger partial charge < -0.3 is 14.6 Å². The van der Waals surface area contributed by atoms with Gasteiger partial charge in [-0.2, -0.15) is 0 Å². The lowest BCUT2D eigenvalue weighted by Gasteiger charge is -2.04. The zero-order valence-corrected chi connectivity index (χ0v) is 6.99. The smallest absolute Gasteiger partial charge is 0.488 e. The summed E-state index contributed by atoms with van der Waals surface area (Å²) < 4.78 is 10.7. The van der Waals surface area contributed by atoms with Crippen molar-refractivity contribution in [3.63, 3.8) is 0 Å². The summed E-state index contributed by atoms with van der Waals surface area (Å²) in [6.45, 7) is 0. The fraction of sp³-hybridized carbons (Fsp3) is 0. The molecule has 0 fully saturated rings. The first-order chi connectivity index (χ1) is 5.61. The van der Waals surface area contributed by atoms with Crippen molar-refractivity contribution in [3.8, 4) is 0 Å². The van der Waals surface area contributed by atoms with Crippen LogP contribution in [-0.4, -0.2) is 21.7 Å². The molecule has 4 nitrogen and oxygen atoms in total. The van der Waals surface area contributed by atoms with Crippen LogP contribution in [0.3, 0.4) is 0 Å². The van der Waals surface area contributed by atoms with Gasteiger partial charge in [0.2, 0.25) is 0 Å². The topological polar surface area (TPSA) is 89.5 Å². The van der Waals surface area contributed by atoms with Gasteiger partial charge in [0.05, 0.1) is 11.4 Å². The molecule has 4 N–H and O–H groups in total. The van der Waals surface area contributed by atoms with Gasteiger partial charge in [0.25, 0.3) is 0 Å². The second-order valence-electron chi connectivity index (χ2n) is 2.24. The average Bonchev–Trinajstić information content (AvgIpc) is 2.04. The van der Waals surface area contributed by atoms with Crippen molar-refractivity contribution in [1.82, 2.24) is 0 Å². The van der Waals surface area contributed by atoms with Crippen LogP contribution in [0.25, 0.3) is 0 Å². The van der Waals surface area contributed by atoms with Gasteiger partial charge in [-0.25, -0.2) is 0 Å². The highest BCUT2D eigenvalue weighted by Crippen LogP contribution is 2.02. The molecule has 0 saturated heterocycles. The Morgan fingerprint density at radius 1 is 1.42 bits per heavy atom. The van der Waals surface area contributed by atoms with E-state index < -0.39 is 18.5 Å². The van der Waals surface area contributed by atoms with Gasteiger partial charge in [-0.15, -0.1) is 5.14 Å². The van der Waals surface area contributed by atoms with E-state index in [0.29, 0.717) is 4.90 Å². The van der Waals surface area contributed by atoms with E-state index in [-0.39, 0.29) is 5.46 Å². The summed E-state index contributed by atoms with van der Waals surface area (Å²) >= 11 is -1.58. The van der Waals surface area contributed by atoms with Crippen molar-refractivity contribution in [1.29, 1.82) is 0 Å². The van der Waals surface area contributed by atoms with Crippen molar-refractivity contribution in [2.24, 2.45) is 5.14 Å². The Balaban J connectivity index is 2.96. The molecule has 1 atom stereocenters. The Kier molecular flexibility index (Phi) is 3.13. The fourth-order valence-electron chi connectivity index (χ4n) is 0.800. The molecule has 0 radical (unpaired) electrons. The van der Waals surface area contributed by atoms with Crippen molar-refractivity contribution in [2.45, 2.75) is 4.90 Å². The first kappa shape index (κ1) is 9.56. The standard InChI is InChI=1S/C6H8BNO3S/c8-12(11)6-3-1-2-5(4-6)7(9)10/h1-4,9-10H,8H2. The second-order valence-corrected chi connectivity index (χ2v) is 3.31. The zero-order chi connectivity index (χ0) is 9.14. The van der Waals surface area contributed by atoms with Gasteiger partial charge in [-0.1, -0.05) is 12.1 Å². The maximum atomic E-state index is 10.7. The molecular formula is C6H8BNO3S. The minimum atomic E-state index is -1.58. The summed E-state index contributed by atoms with van der Waals surface area (Å²) in [4.78, 5) is 0.376. The molecule has 0 saturated carbocycles. The van der Waals surface area contributed by atoms with Crippen LogP contribution in [-0.2, 0) is 11.4 Å². The Bertz CT molecular complexity index is 245. The van der Waals surface area contributed by atoms with Crippen molar-refractivity contribution in [3.05, 3.63) is 24.3 Å². The van der Waals surface area contributed by atoms with Crippen LogP contribution in [0, 0.1) is 0 Å². The Morgan fingerprint density at radius 2 is 2.08 bits per heavy atom. The van der Waals surface area contributed by atoms with Gasteiger partial charge >= 0.3 is 7.12 Å². The number of benzene rings is 1. The number of rotatable bonds is 2. The van der Waals surface area contributed by atoms with Crippen LogP contribution in [0.4, 0.5) is 0 Å². The third kappa shape index (κ3) is 2.23. The summed E-state index contributed by atoms with van der Waals surface area (Å²) in [6, 6.07) is 6.03. The lowest BCUT2D eigenvalue weighted by atomic mass is 9.81. The van der Waals surface area contributed by atoms with Gasteiger partial charge in [-0.3, -0.25) is 0 Å². The van der Waals surface area contributed by atoms with Crippen molar-refractivity contribution in [2.75, 3.05) is 0 Å². The van der Waals surface area contributed by atoms with Gasteiger partial charge in [0.1, 0.15) is 0 Å². The van der Waals surface area contributed by atoms with Crippen LogP contribution >= 0.6 is 0 Å². The first-order valence-electron chi connectivity index (χ1n) is 3.23. The lowest BCUT2D eigenvalue weighted by molar-refractivity contribution is 0.425. The molecule has 0 amide bonds. The quantitative estimate of drug-likeness (QED) is 0.380. The van der Waals surface area contributed by atoms with E-state index in [1.165, 1.54) is 12.1 Å². The van der Waals surface area contributed by atoms with Gasteiger partial charge in [0, 0.05) is 0 Å². The number of nitrogens with two attached hydrogens (primary N) is 1. The normalized spacial score (nSPS) is 12.7. The third-order valence-electron chi connectivity index (χ3n) is 1.39. The van der Waals surface area contributed by atoms with Crippen LogP contribution in [0.2, 0.25) is 0 Å². The highest BCUT2D eigenvalue weighted by Gasteiger charge is 2.14. The summed E-state index contributed by atoms with van der Waals surface area (Å²) in [6.07, 6.45) is 0. The first-order valence-corrected chi connectivity index (χ1v) is 4.45. The molecule has 64 valence electrons. The zero-order valence-electron chi connectivity index (χ0n) is 6.18. The molecular weight excluding hydrogens is 177 g/mol. The van der Waals surface area contributed by atoms with E-state index >= 15 is 0 Å². The molecule has 0 aliphatic rings. The Labute approximate surface area is 73.5 Å². The Hall–Kier alpha value is -0.525. The highest BCUT2D eigenvalue weighted by molar-refractivity contribution is 7.89. The fourth-order valence-corrected chi connectivity index (χ4v) is 1.27. The second kappa shape index (κ2) is 3.93. The van der Waals surface area contributed by atoms with Crippen molar-refractivity contribution < 1.29 is 14.6 Å². The molecule has 12 heavy (non-hydrogen) atoms. The average molecular weight is 185 g/mol. The molecule has 6 heteroatoms. The Morgan fingerprint density at radius 3 is 2.58 bits per heavy atom. The van der Waals surface area contributed by atoms with E-state index in [9.17, 15) is 4.55 Å². The van der Waals surface area contributed by atoms with Crippen LogP contribution in [0.1, 0.15) is 0 Å². The van der Waals surface area contributed by atoms with E-state index in [2.05, 4.69) is 0 Å². The van der Waals surface area contributed by atoms with E-state index in [4.69, 9.17) is 15.2 Å². The summed E-state index contributed by atoms with van der Waals surface area (Å²) in [5.41, 5.74) is 0.284. The van der Waals surface area contributed by atoms with E-state index in [0.717, 1.165) is 0 Å². The maximum Gasteiger partial charge on any atom is 0.488 e. The third-order valence-corrected chi connectivity index (χ3v) is 2.11. The van der Waals surface area contributed by atoms with Crippen LogP contribution in [0.15, 0.2) is 29.2 Å². The number of hydrogen-bond acceptors (Lipinski definition) is 4.